The van der Waals surface area contributed by atoms with E-state index < -0.39 is 16.9 Å². The van der Waals surface area contributed by atoms with Gasteiger partial charge in [0, 0.05) is 11.6 Å². The first-order valence-electron chi connectivity index (χ1n) is 5.09. The fourth-order valence-electron chi connectivity index (χ4n) is 1.42. The van der Waals surface area contributed by atoms with Gasteiger partial charge >= 0.3 is 11.9 Å². The Kier molecular flexibility index (Phi) is 4.41. The highest BCUT2D eigenvalue weighted by atomic mass is 16.6. The molecule has 0 aliphatic rings. The molecule has 0 aliphatic carbocycles. The second-order valence-corrected chi connectivity index (χ2v) is 3.56. The highest BCUT2D eigenvalue weighted by Crippen LogP contribution is 2.18. The largest absolute Gasteiger partial charge is 0.466 e. The molecule has 0 bridgehead atoms. The molecule has 8 nitrogen and oxygen atoms in total. The van der Waals surface area contributed by atoms with E-state index in [0.29, 0.717) is 0 Å². The lowest BCUT2D eigenvalue weighted by molar-refractivity contribution is -0.384. The van der Waals surface area contributed by atoms with Gasteiger partial charge in [-0.3, -0.25) is 10.1 Å². The lowest BCUT2D eigenvalue weighted by atomic mass is 10.3. The van der Waals surface area contributed by atoms with Crippen molar-refractivity contribution in [2.45, 2.75) is 6.54 Å². The second kappa shape index (κ2) is 5.80. The number of esters is 2. The maximum Gasteiger partial charge on any atom is 0.354 e. The Bertz CT molecular complexity index is 545. The number of nitro groups is 1. The van der Waals surface area contributed by atoms with Crippen molar-refractivity contribution in [3.8, 4) is 0 Å². The summed E-state index contributed by atoms with van der Waals surface area (Å²) in [6.45, 7) is 3.38. The Morgan fingerprint density at radius 3 is 2.53 bits per heavy atom. The van der Waals surface area contributed by atoms with Crippen LogP contribution in [0.3, 0.4) is 0 Å². The lowest BCUT2D eigenvalue weighted by Gasteiger charge is -2.07. The molecule has 0 spiro atoms. The van der Waals surface area contributed by atoms with E-state index in [4.69, 9.17) is 0 Å². The molecule has 0 aromatic carbocycles. The summed E-state index contributed by atoms with van der Waals surface area (Å²) < 4.78 is 10.2. The molecule has 0 aliphatic heterocycles. The maximum absolute atomic E-state index is 11.5. The zero-order chi connectivity index (χ0) is 14.6. The van der Waals surface area contributed by atoms with Gasteiger partial charge < -0.3 is 14.0 Å². The van der Waals surface area contributed by atoms with E-state index in [0.717, 1.165) is 19.4 Å². The number of nitrogens with zero attached hydrogens (tertiary/aromatic N) is 2. The quantitative estimate of drug-likeness (QED) is 0.340. The summed E-state index contributed by atoms with van der Waals surface area (Å²) >= 11 is 0. The van der Waals surface area contributed by atoms with Crippen LogP contribution in [-0.2, 0) is 20.8 Å². The molecule has 1 aromatic rings. The van der Waals surface area contributed by atoms with E-state index in [9.17, 15) is 19.7 Å². The van der Waals surface area contributed by atoms with Gasteiger partial charge in [0.15, 0.2) is 0 Å². The second-order valence-electron chi connectivity index (χ2n) is 3.56. The third-order valence-corrected chi connectivity index (χ3v) is 2.32. The molecule has 0 N–H and O–H groups in total. The van der Waals surface area contributed by atoms with Gasteiger partial charge in [-0.15, -0.1) is 0 Å². The molecular weight excluding hydrogens is 256 g/mol. The average Bonchev–Trinajstić information content (AvgIpc) is 2.80. The SMILES string of the molecule is C=C(Cn1cc([N+](=O)[O-])cc1C(=O)OC)C(=O)OC. The molecule has 0 fully saturated rings. The van der Waals surface area contributed by atoms with Gasteiger partial charge in [0.2, 0.25) is 0 Å². The van der Waals surface area contributed by atoms with Crippen molar-refractivity contribution < 1.29 is 24.0 Å². The van der Waals surface area contributed by atoms with Crippen molar-refractivity contribution >= 4 is 17.6 Å². The highest BCUT2D eigenvalue weighted by molar-refractivity contribution is 5.90. The van der Waals surface area contributed by atoms with Crippen molar-refractivity contribution in [2.24, 2.45) is 0 Å². The van der Waals surface area contributed by atoms with E-state index in [1.165, 1.54) is 11.7 Å². The molecular formula is C11H12N2O6. The first-order chi connectivity index (χ1) is 8.90. The monoisotopic (exact) mass is 268 g/mol. The van der Waals surface area contributed by atoms with Crippen molar-refractivity contribution in [3.05, 3.63) is 40.2 Å². The van der Waals surface area contributed by atoms with Crippen molar-refractivity contribution in [3.63, 3.8) is 0 Å². The molecule has 0 amide bonds. The van der Waals surface area contributed by atoms with Gasteiger partial charge in [0.05, 0.1) is 31.9 Å². The zero-order valence-corrected chi connectivity index (χ0v) is 10.4. The molecule has 1 heterocycles. The number of ether oxygens (including phenoxy) is 2. The number of carbonyl (C=O) groups excluding carboxylic acids is 2. The predicted molar refractivity (Wildman–Crippen MR) is 63.6 cm³/mol. The normalized spacial score (nSPS) is 9.79. The fourth-order valence-corrected chi connectivity index (χ4v) is 1.42. The van der Waals surface area contributed by atoms with Crippen LogP contribution in [0.15, 0.2) is 24.4 Å². The van der Waals surface area contributed by atoms with Crippen LogP contribution in [0.5, 0.6) is 0 Å². The minimum Gasteiger partial charge on any atom is -0.466 e. The Hall–Kier alpha value is -2.64. The summed E-state index contributed by atoms with van der Waals surface area (Å²) in [4.78, 5) is 32.7. The van der Waals surface area contributed by atoms with Crippen LogP contribution < -0.4 is 0 Å². The number of rotatable bonds is 5. The number of methoxy groups -OCH3 is 2. The third-order valence-electron chi connectivity index (χ3n) is 2.32. The zero-order valence-electron chi connectivity index (χ0n) is 10.4. The Morgan fingerprint density at radius 2 is 2.05 bits per heavy atom. The van der Waals surface area contributed by atoms with Crippen LogP contribution in [0.4, 0.5) is 5.69 Å². The van der Waals surface area contributed by atoms with Crippen molar-refractivity contribution in [1.29, 1.82) is 0 Å². The summed E-state index contributed by atoms with van der Waals surface area (Å²) in [5.41, 5.74) is -0.268. The van der Waals surface area contributed by atoms with Gasteiger partial charge in [0.25, 0.3) is 5.69 Å². The average molecular weight is 268 g/mol. The Morgan fingerprint density at radius 1 is 1.42 bits per heavy atom. The van der Waals surface area contributed by atoms with Gasteiger partial charge in [-0.25, -0.2) is 9.59 Å². The van der Waals surface area contributed by atoms with E-state index in [1.807, 2.05) is 0 Å². The molecule has 0 unspecified atom stereocenters. The minimum absolute atomic E-state index is 0.0424. The fraction of sp³-hybridized carbons (Fsp3) is 0.273. The number of aromatic nitrogens is 1. The molecule has 0 radical (unpaired) electrons. The van der Waals surface area contributed by atoms with Crippen molar-refractivity contribution in [1.82, 2.24) is 4.57 Å². The van der Waals surface area contributed by atoms with Crippen LogP contribution in [0, 0.1) is 10.1 Å². The van der Waals surface area contributed by atoms with E-state index in [2.05, 4.69) is 16.1 Å². The Labute approximate surface area is 108 Å². The molecule has 0 saturated heterocycles. The first-order valence-corrected chi connectivity index (χ1v) is 5.09. The van der Waals surface area contributed by atoms with Gasteiger partial charge in [0.1, 0.15) is 5.69 Å². The lowest BCUT2D eigenvalue weighted by Crippen LogP contribution is -2.15. The first kappa shape index (κ1) is 14.4. The molecule has 0 saturated carbocycles. The van der Waals surface area contributed by atoms with Crippen LogP contribution >= 0.6 is 0 Å². The molecule has 102 valence electrons. The van der Waals surface area contributed by atoms with Crippen LogP contribution in [0.1, 0.15) is 10.5 Å². The standard InChI is InChI=1S/C11H12N2O6/c1-7(10(14)18-2)5-12-6-8(13(16)17)4-9(12)11(15)19-3/h4,6H,1,5H2,2-3H3. The van der Waals surface area contributed by atoms with Crippen molar-refractivity contribution in [2.75, 3.05) is 14.2 Å². The van der Waals surface area contributed by atoms with Gasteiger partial charge in [-0.05, 0) is 0 Å². The number of hydrogen-bond donors (Lipinski definition) is 0. The van der Waals surface area contributed by atoms with Gasteiger partial charge in [-0.2, -0.15) is 0 Å². The number of hydrogen-bond acceptors (Lipinski definition) is 6. The van der Waals surface area contributed by atoms with Crippen LogP contribution in [-0.4, -0.2) is 35.6 Å². The summed E-state index contributed by atoms with van der Waals surface area (Å²) in [5, 5.41) is 10.7. The molecule has 8 heteroatoms. The molecule has 1 aromatic heterocycles. The van der Waals surface area contributed by atoms with E-state index >= 15 is 0 Å². The molecule has 0 atom stereocenters. The summed E-state index contributed by atoms with van der Waals surface area (Å²) in [7, 11) is 2.34. The van der Waals surface area contributed by atoms with Crippen LogP contribution in [0.2, 0.25) is 0 Å². The summed E-state index contributed by atoms with van der Waals surface area (Å²) in [6.07, 6.45) is 1.13. The Balaban J connectivity index is 3.11. The third kappa shape index (κ3) is 3.18. The number of carbonyl (C=O) groups is 2. The smallest absolute Gasteiger partial charge is 0.354 e. The molecule has 1 rings (SSSR count). The minimum atomic E-state index is -0.745. The summed E-state index contributed by atoms with van der Waals surface area (Å²) in [5.74, 6) is -1.40. The van der Waals surface area contributed by atoms with Gasteiger partial charge in [-0.1, -0.05) is 6.58 Å². The summed E-state index contributed by atoms with van der Waals surface area (Å²) in [6, 6.07) is 1.07. The highest BCUT2D eigenvalue weighted by Gasteiger charge is 2.21. The van der Waals surface area contributed by atoms with E-state index in [-0.39, 0.29) is 23.5 Å². The topological polar surface area (TPSA) is 101 Å². The van der Waals surface area contributed by atoms with E-state index in [1.54, 1.807) is 0 Å². The predicted octanol–water partition coefficient (Wildman–Crippen LogP) is 0.912. The molecule has 19 heavy (non-hydrogen) atoms. The maximum atomic E-state index is 11.5. The van der Waals surface area contributed by atoms with Crippen LogP contribution in [0.25, 0.3) is 0 Å².